The molecule has 0 aliphatic heterocycles. The number of nitrogens with zero attached hydrogens (tertiary/aromatic N) is 1. The molecule has 0 fully saturated rings. The summed E-state index contributed by atoms with van der Waals surface area (Å²) in [6.07, 6.45) is 0. The summed E-state index contributed by atoms with van der Waals surface area (Å²) < 4.78 is 9.31. The van der Waals surface area contributed by atoms with Crippen LogP contribution in [-0.4, -0.2) is 4.98 Å². The number of aromatic nitrogens is 1. The Labute approximate surface area is 233 Å². The van der Waals surface area contributed by atoms with E-state index in [2.05, 4.69) is 121 Å². The summed E-state index contributed by atoms with van der Waals surface area (Å²) in [6, 6.07) is 45.1. The van der Waals surface area contributed by atoms with Crippen molar-refractivity contribution in [3.8, 4) is 22.4 Å². The number of furan rings is 1. The zero-order chi connectivity index (χ0) is 26.2. The van der Waals surface area contributed by atoms with Gasteiger partial charge in [0.1, 0.15) is 11.2 Å². The van der Waals surface area contributed by atoms with Gasteiger partial charge in [0.15, 0.2) is 0 Å². The Balaban J connectivity index is 1.37. The van der Waals surface area contributed by atoms with Gasteiger partial charge >= 0.3 is 0 Å². The van der Waals surface area contributed by atoms with Crippen molar-refractivity contribution in [3.05, 3.63) is 127 Å². The number of rotatable bonds is 2. The molecule has 2 nitrogen and oxygen atoms in total. The summed E-state index contributed by atoms with van der Waals surface area (Å²) in [5.41, 5.74) is 7.20. The standard InChI is InChI=1S/C37H21NOS/c1-2-9-22(10-3-1)36-28-19-20-31-35(34(28)27-12-4-6-15-30(27)38-36)29-14-8-13-24(37(29)39-31)23-17-18-26-25-11-5-7-16-32(25)40-33(26)21-23/h1-21H. The molecule has 0 radical (unpaired) electrons. The summed E-state index contributed by atoms with van der Waals surface area (Å²) in [5.74, 6) is 0. The van der Waals surface area contributed by atoms with Gasteiger partial charge in [-0.2, -0.15) is 0 Å². The molecular weight excluding hydrogens is 506 g/mol. The first-order valence-electron chi connectivity index (χ1n) is 13.5. The minimum Gasteiger partial charge on any atom is -0.455 e. The molecule has 0 N–H and O–H groups in total. The minimum atomic E-state index is 0.897. The van der Waals surface area contributed by atoms with Crippen LogP contribution < -0.4 is 0 Å². The van der Waals surface area contributed by atoms with Gasteiger partial charge in [0.05, 0.1) is 11.2 Å². The van der Waals surface area contributed by atoms with E-state index in [9.17, 15) is 0 Å². The largest absolute Gasteiger partial charge is 0.455 e. The molecule has 3 heterocycles. The van der Waals surface area contributed by atoms with Gasteiger partial charge in [-0.1, -0.05) is 97.1 Å². The van der Waals surface area contributed by atoms with E-state index in [-0.39, 0.29) is 0 Å². The topological polar surface area (TPSA) is 26.0 Å². The highest BCUT2D eigenvalue weighted by Crippen LogP contribution is 2.44. The van der Waals surface area contributed by atoms with Crippen LogP contribution >= 0.6 is 11.3 Å². The second kappa shape index (κ2) is 8.25. The molecule has 3 heteroatoms. The number of pyridine rings is 1. The quantitative estimate of drug-likeness (QED) is 0.209. The van der Waals surface area contributed by atoms with Crippen LogP contribution in [0.25, 0.3) is 86.2 Å². The van der Waals surface area contributed by atoms with E-state index in [0.717, 1.165) is 55.0 Å². The predicted octanol–water partition coefficient (Wildman–Crippen LogP) is 11.0. The molecule has 0 spiro atoms. The number of benzene rings is 6. The average Bonchev–Trinajstić information content (AvgIpc) is 3.59. The number of hydrogen-bond acceptors (Lipinski definition) is 3. The fourth-order valence-electron chi connectivity index (χ4n) is 6.27. The second-order valence-corrected chi connectivity index (χ2v) is 11.4. The van der Waals surface area contributed by atoms with Gasteiger partial charge in [0.25, 0.3) is 0 Å². The molecule has 0 amide bonds. The molecular formula is C37H21NOS. The maximum Gasteiger partial charge on any atom is 0.143 e. The average molecular weight is 528 g/mol. The molecule has 9 rings (SSSR count). The Bertz CT molecular complexity index is 2430. The Morgan fingerprint density at radius 3 is 2.17 bits per heavy atom. The maximum absolute atomic E-state index is 6.69. The van der Waals surface area contributed by atoms with Crippen LogP contribution in [0.5, 0.6) is 0 Å². The third-order valence-electron chi connectivity index (χ3n) is 8.06. The lowest BCUT2D eigenvalue weighted by Crippen LogP contribution is -1.90. The zero-order valence-corrected chi connectivity index (χ0v) is 22.2. The third-order valence-corrected chi connectivity index (χ3v) is 9.19. The number of hydrogen-bond donors (Lipinski definition) is 0. The molecule has 0 aliphatic carbocycles. The van der Waals surface area contributed by atoms with Gasteiger partial charge in [0.2, 0.25) is 0 Å². The van der Waals surface area contributed by atoms with Crippen LogP contribution in [0, 0.1) is 0 Å². The minimum absolute atomic E-state index is 0.897. The normalized spacial score (nSPS) is 12.0. The van der Waals surface area contributed by atoms with E-state index in [1.54, 1.807) is 0 Å². The van der Waals surface area contributed by atoms with Crippen molar-refractivity contribution in [2.75, 3.05) is 0 Å². The van der Waals surface area contributed by atoms with Crippen molar-refractivity contribution in [2.24, 2.45) is 0 Å². The van der Waals surface area contributed by atoms with E-state index < -0.39 is 0 Å². The van der Waals surface area contributed by atoms with Crippen molar-refractivity contribution < 1.29 is 4.42 Å². The van der Waals surface area contributed by atoms with Gasteiger partial charge in [-0.15, -0.1) is 11.3 Å². The molecule has 6 aromatic carbocycles. The Morgan fingerprint density at radius 2 is 1.25 bits per heavy atom. The fraction of sp³-hybridized carbons (Fsp3) is 0. The van der Waals surface area contributed by atoms with Gasteiger partial charge in [-0.25, -0.2) is 4.98 Å². The smallest absolute Gasteiger partial charge is 0.143 e. The van der Waals surface area contributed by atoms with Crippen LogP contribution in [0.4, 0.5) is 0 Å². The van der Waals surface area contributed by atoms with Crippen molar-refractivity contribution in [1.29, 1.82) is 0 Å². The highest BCUT2D eigenvalue weighted by atomic mass is 32.1. The van der Waals surface area contributed by atoms with Crippen LogP contribution in [-0.2, 0) is 0 Å². The van der Waals surface area contributed by atoms with Crippen molar-refractivity contribution in [1.82, 2.24) is 4.98 Å². The summed E-state index contributed by atoms with van der Waals surface area (Å²) in [4.78, 5) is 5.13. The van der Waals surface area contributed by atoms with Gasteiger partial charge in [-0.3, -0.25) is 0 Å². The van der Waals surface area contributed by atoms with Gasteiger partial charge in [-0.05, 0) is 35.9 Å². The Kier molecular flexibility index (Phi) is 4.52. The van der Waals surface area contributed by atoms with Crippen molar-refractivity contribution in [2.45, 2.75) is 0 Å². The first-order chi connectivity index (χ1) is 19.8. The van der Waals surface area contributed by atoms with E-state index in [4.69, 9.17) is 9.40 Å². The lowest BCUT2D eigenvalue weighted by molar-refractivity contribution is 0.670. The number of para-hydroxylation sites is 2. The predicted molar refractivity (Wildman–Crippen MR) is 170 cm³/mol. The molecule has 0 saturated carbocycles. The summed E-state index contributed by atoms with van der Waals surface area (Å²) >= 11 is 1.85. The molecule has 3 aromatic heterocycles. The molecule has 0 aliphatic rings. The highest BCUT2D eigenvalue weighted by molar-refractivity contribution is 7.25. The Hall–Kier alpha value is -4.99. The molecule has 40 heavy (non-hydrogen) atoms. The molecule has 0 unspecified atom stereocenters. The van der Waals surface area contributed by atoms with Gasteiger partial charge in [0, 0.05) is 58.2 Å². The van der Waals surface area contributed by atoms with E-state index in [1.165, 1.54) is 31.1 Å². The van der Waals surface area contributed by atoms with Crippen LogP contribution in [0.3, 0.4) is 0 Å². The van der Waals surface area contributed by atoms with Crippen LogP contribution in [0.1, 0.15) is 0 Å². The summed E-state index contributed by atoms with van der Waals surface area (Å²) in [5, 5.41) is 8.37. The second-order valence-electron chi connectivity index (χ2n) is 10.3. The molecule has 0 saturated heterocycles. The van der Waals surface area contributed by atoms with Crippen molar-refractivity contribution in [3.63, 3.8) is 0 Å². The summed E-state index contributed by atoms with van der Waals surface area (Å²) in [6.45, 7) is 0. The lowest BCUT2D eigenvalue weighted by atomic mass is 9.95. The first kappa shape index (κ1) is 21.9. The maximum atomic E-state index is 6.69. The first-order valence-corrected chi connectivity index (χ1v) is 14.3. The van der Waals surface area contributed by atoms with E-state index in [0.29, 0.717) is 0 Å². The third kappa shape index (κ3) is 3.07. The molecule has 0 atom stereocenters. The zero-order valence-electron chi connectivity index (χ0n) is 21.4. The fourth-order valence-corrected chi connectivity index (χ4v) is 7.41. The summed E-state index contributed by atoms with van der Waals surface area (Å²) in [7, 11) is 0. The number of thiophene rings is 1. The Morgan fingerprint density at radius 1 is 0.500 bits per heavy atom. The molecule has 0 bridgehead atoms. The van der Waals surface area contributed by atoms with Crippen molar-refractivity contribution >= 4 is 75.1 Å². The van der Waals surface area contributed by atoms with Crippen LogP contribution in [0.15, 0.2) is 132 Å². The van der Waals surface area contributed by atoms with Crippen LogP contribution in [0.2, 0.25) is 0 Å². The monoisotopic (exact) mass is 527 g/mol. The highest BCUT2D eigenvalue weighted by Gasteiger charge is 2.19. The number of fused-ring (bicyclic) bond motifs is 10. The van der Waals surface area contributed by atoms with Gasteiger partial charge < -0.3 is 4.42 Å². The SMILES string of the molecule is c1ccc(-c2nc3ccccc3c3c2ccc2oc4c(-c5ccc6c(c5)sc5ccccc56)cccc4c23)cc1. The van der Waals surface area contributed by atoms with E-state index >= 15 is 0 Å². The molecule has 186 valence electrons. The lowest BCUT2D eigenvalue weighted by Gasteiger charge is -2.11. The molecule has 9 aromatic rings. The van der Waals surface area contributed by atoms with E-state index in [1.807, 2.05) is 17.4 Å².